The number of benzene rings is 2. The number of anilines is 1. The molecule has 1 spiro atoms. The van der Waals surface area contributed by atoms with Crippen LogP contribution in [-0.2, 0) is 0 Å². The summed E-state index contributed by atoms with van der Waals surface area (Å²) in [5.41, 5.74) is 10.3. The fourth-order valence-corrected chi connectivity index (χ4v) is 7.09. The third-order valence-corrected chi connectivity index (χ3v) is 10.1. The van der Waals surface area contributed by atoms with Gasteiger partial charge in [0.05, 0.1) is 24.5 Å². The number of piperidine rings is 1. The SMILES string of the molecule is CC(C)(C)C(N)=CC(=Nc1cccc(OCCO)c1)NC(=O)N[C@H]1CCC(Oc2ccc3nnc(N4CCCCC45CC5)n3c2)c2ccccc21. The van der Waals surface area contributed by atoms with Crippen LogP contribution in [0.2, 0.25) is 0 Å². The summed E-state index contributed by atoms with van der Waals surface area (Å²) in [6, 6.07) is 18.6. The number of carbonyl (C=O) groups is 1. The van der Waals surface area contributed by atoms with Crippen molar-refractivity contribution < 1.29 is 19.4 Å². The predicted molar refractivity (Wildman–Crippen MR) is 197 cm³/mol. The second kappa shape index (κ2) is 14.3. The first-order valence-electron chi connectivity index (χ1n) is 18.0. The van der Waals surface area contributed by atoms with Crippen LogP contribution in [0.3, 0.4) is 0 Å². The lowest BCUT2D eigenvalue weighted by Gasteiger charge is -2.36. The summed E-state index contributed by atoms with van der Waals surface area (Å²) in [5, 5.41) is 24.3. The number of nitrogens with two attached hydrogens (primary N) is 1. The van der Waals surface area contributed by atoms with Gasteiger partial charge in [0.1, 0.15) is 30.0 Å². The van der Waals surface area contributed by atoms with E-state index in [-0.39, 0.29) is 36.3 Å². The standard InChI is InChI=1S/C39H48N8O4/c1-38(2,3)33(40)24-34(41-26-9-8-10-27(23-26)50-22-21-48)43-36(49)42-31-14-15-32(30-12-5-4-11-29(30)31)51-28-13-16-35-44-45-37(46(35)25-28)47-20-7-6-17-39(47)18-19-39/h4-5,8-13,16,23-25,31-32,48H,6-7,14-15,17-22,40H2,1-3H3,(H2,41,42,43,49)/t31-,32?/m0/s1. The number of nitrogens with one attached hydrogen (secondary N) is 2. The molecule has 7 rings (SSSR count). The van der Waals surface area contributed by atoms with E-state index in [1.165, 1.54) is 32.1 Å². The van der Waals surface area contributed by atoms with Crippen molar-refractivity contribution in [3.8, 4) is 11.5 Å². The zero-order chi connectivity index (χ0) is 35.6. The van der Waals surface area contributed by atoms with Crippen LogP contribution in [0, 0.1) is 5.41 Å². The number of urea groups is 1. The second-order valence-corrected chi connectivity index (χ2v) is 14.8. The third kappa shape index (κ3) is 7.65. The molecule has 2 atom stereocenters. The van der Waals surface area contributed by atoms with Gasteiger partial charge < -0.3 is 30.5 Å². The van der Waals surface area contributed by atoms with E-state index < -0.39 is 6.03 Å². The van der Waals surface area contributed by atoms with E-state index in [9.17, 15) is 4.79 Å². The molecule has 4 aromatic rings. The van der Waals surface area contributed by atoms with Gasteiger partial charge in [-0.15, -0.1) is 10.2 Å². The van der Waals surface area contributed by atoms with Gasteiger partial charge in [-0.1, -0.05) is 51.1 Å². The van der Waals surface area contributed by atoms with E-state index in [0.29, 0.717) is 35.8 Å². The lowest BCUT2D eigenvalue weighted by molar-refractivity contribution is 0.171. The van der Waals surface area contributed by atoms with Gasteiger partial charge in [0, 0.05) is 35.3 Å². The molecule has 1 unspecified atom stereocenters. The van der Waals surface area contributed by atoms with E-state index in [4.69, 9.17) is 25.3 Å². The number of aliphatic hydroxyl groups excluding tert-OH is 1. The van der Waals surface area contributed by atoms with E-state index in [1.54, 1.807) is 24.3 Å². The fraction of sp³-hybridized carbons (Fsp3) is 0.436. The molecule has 2 amide bonds. The molecule has 5 N–H and O–H groups in total. The van der Waals surface area contributed by atoms with Crippen molar-refractivity contribution in [2.24, 2.45) is 16.1 Å². The summed E-state index contributed by atoms with van der Waals surface area (Å²) in [6.07, 6.45) is 11.0. The second-order valence-electron chi connectivity index (χ2n) is 14.8. The molecule has 2 fully saturated rings. The van der Waals surface area contributed by atoms with Gasteiger partial charge in [-0.05, 0) is 80.3 Å². The van der Waals surface area contributed by atoms with Crippen molar-refractivity contribution in [1.82, 2.24) is 25.2 Å². The van der Waals surface area contributed by atoms with Gasteiger partial charge in [-0.25, -0.2) is 9.79 Å². The van der Waals surface area contributed by atoms with Gasteiger partial charge >= 0.3 is 6.03 Å². The Morgan fingerprint density at radius 2 is 1.86 bits per heavy atom. The lowest BCUT2D eigenvalue weighted by Crippen LogP contribution is -2.42. The molecular weight excluding hydrogens is 644 g/mol. The fourth-order valence-electron chi connectivity index (χ4n) is 7.09. The number of carbonyl (C=O) groups excluding carboxylic acids is 1. The molecule has 2 aliphatic carbocycles. The van der Waals surface area contributed by atoms with Crippen LogP contribution in [0.1, 0.15) is 89.0 Å². The Morgan fingerprint density at radius 3 is 2.65 bits per heavy atom. The maximum absolute atomic E-state index is 13.6. The van der Waals surface area contributed by atoms with Crippen molar-refractivity contribution >= 4 is 29.1 Å². The summed E-state index contributed by atoms with van der Waals surface area (Å²) in [5.74, 6) is 2.51. The number of aromatic nitrogens is 3. The molecule has 1 saturated carbocycles. The lowest BCUT2D eigenvalue weighted by atomic mass is 9.85. The number of hydrogen-bond donors (Lipinski definition) is 4. The first-order valence-corrected chi connectivity index (χ1v) is 18.0. The van der Waals surface area contributed by atoms with Gasteiger partial charge in [0.25, 0.3) is 0 Å². The Labute approximate surface area is 298 Å². The highest BCUT2D eigenvalue weighted by Gasteiger charge is 2.50. The monoisotopic (exact) mass is 692 g/mol. The average molecular weight is 693 g/mol. The average Bonchev–Trinajstić information content (AvgIpc) is 3.75. The summed E-state index contributed by atoms with van der Waals surface area (Å²) in [4.78, 5) is 20.7. The number of aliphatic imine (C=N–C) groups is 1. The number of pyridine rings is 1. The molecular formula is C39H48N8O4. The van der Waals surface area contributed by atoms with E-state index in [0.717, 1.165) is 35.0 Å². The van der Waals surface area contributed by atoms with Crippen LogP contribution in [-0.4, -0.2) is 56.9 Å². The van der Waals surface area contributed by atoms with Crippen molar-refractivity contribution in [2.75, 3.05) is 24.7 Å². The highest BCUT2D eigenvalue weighted by atomic mass is 16.5. The maximum Gasteiger partial charge on any atom is 0.320 e. The summed E-state index contributed by atoms with van der Waals surface area (Å²) in [6.45, 7) is 7.08. The van der Waals surface area contributed by atoms with Crippen LogP contribution >= 0.6 is 0 Å². The van der Waals surface area contributed by atoms with Crippen molar-refractivity contribution in [3.63, 3.8) is 0 Å². The van der Waals surface area contributed by atoms with Crippen LogP contribution < -0.4 is 30.7 Å². The minimum Gasteiger partial charge on any atom is -0.491 e. The summed E-state index contributed by atoms with van der Waals surface area (Å²) < 4.78 is 14.3. The summed E-state index contributed by atoms with van der Waals surface area (Å²) >= 11 is 0. The van der Waals surface area contributed by atoms with Crippen LogP contribution in [0.4, 0.5) is 16.4 Å². The third-order valence-electron chi connectivity index (χ3n) is 10.1. The normalized spacial score (nSPS) is 20.2. The highest BCUT2D eigenvalue weighted by Crippen LogP contribution is 2.50. The molecule has 268 valence electrons. The molecule has 0 radical (unpaired) electrons. The quantitative estimate of drug-likeness (QED) is 0.115. The Kier molecular flexibility index (Phi) is 9.61. The minimum atomic E-state index is -0.393. The van der Waals surface area contributed by atoms with E-state index >= 15 is 0 Å². The van der Waals surface area contributed by atoms with Crippen LogP contribution in [0.15, 0.2) is 83.6 Å². The molecule has 1 aliphatic heterocycles. The first-order chi connectivity index (χ1) is 24.6. The van der Waals surface area contributed by atoms with Gasteiger partial charge in [-0.2, -0.15) is 0 Å². The molecule has 3 aliphatic rings. The first kappa shape index (κ1) is 34.4. The number of fused-ring (bicyclic) bond motifs is 2. The molecule has 2 aromatic heterocycles. The number of amidine groups is 1. The zero-order valence-electron chi connectivity index (χ0n) is 29.6. The topological polar surface area (TPSA) is 152 Å². The van der Waals surface area contributed by atoms with Crippen molar-refractivity contribution in [2.45, 2.75) is 83.4 Å². The van der Waals surface area contributed by atoms with Crippen molar-refractivity contribution in [3.05, 3.63) is 89.8 Å². The smallest absolute Gasteiger partial charge is 0.320 e. The Bertz CT molecular complexity index is 1940. The number of rotatable bonds is 9. The molecule has 1 saturated heterocycles. The number of aliphatic hydroxyl groups is 1. The number of allylic oxidation sites excluding steroid dienone is 1. The maximum atomic E-state index is 13.6. The number of ether oxygens (including phenoxy) is 2. The predicted octanol–water partition coefficient (Wildman–Crippen LogP) is 6.50. The van der Waals surface area contributed by atoms with Crippen LogP contribution in [0.25, 0.3) is 5.65 Å². The van der Waals surface area contributed by atoms with Crippen molar-refractivity contribution in [1.29, 1.82) is 0 Å². The number of amides is 2. The van der Waals surface area contributed by atoms with E-state index in [2.05, 4.69) is 36.2 Å². The Hall–Kier alpha value is -5.10. The Morgan fingerprint density at radius 1 is 1.04 bits per heavy atom. The van der Waals surface area contributed by atoms with Crippen LogP contribution in [0.5, 0.6) is 11.5 Å². The number of hydrogen-bond acceptors (Lipinski definition) is 9. The zero-order valence-corrected chi connectivity index (χ0v) is 29.6. The largest absolute Gasteiger partial charge is 0.491 e. The molecule has 12 nitrogen and oxygen atoms in total. The van der Waals surface area contributed by atoms with Gasteiger partial charge in [0.15, 0.2) is 5.65 Å². The van der Waals surface area contributed by atoms with Gasteiger partial charge in [0.2, 0.25) is 5.95 Å². The molecule has 3 heterocycles. The highest BCUT2D eigenvalue weighted by molar-refractivity contribution is 6.05. The molecule has 0 bridgehead atoms. The number of nitrogens with zero attached hydrogens (tertiary/aromatic N) is 5. The summed E-state index contributed by atoms with van der Waals surface area (Å²) in [7, 11) is 0. The molecule has 2 aromatic carbocycles. The molecule has 12 heteroatoms. The molecule has 51 heavy (non-hydrogen) atoms. The van der Waals surface area contributed by atoms with E-state index in [1.807, 2.05) is 63.4 Å². The van der Waals surface area contributed by atoms with Gasteiger partial charge in [-0.3, -0.25) is 9.72 Å². The Balaban J connectivity index is 1.08. The minimum absolute atomic E-state index is 0.0955.